The number of hydrogen-bond acceptors (Lipinski definition) is 1. The average Bonchev–Trinajstić information content (AvgIpc) is 1.77. The van der Waals surface area contributed by atoms with Crippen LogP contribution in [0.5, 0.6) is 0 Å². The van der Waals surface area contributed by atoms with Crippen LogP contribution in [0.2, 0.25) is 5.15 Å². The predicted octanol–water partition coefficient (Wildman–Crippen LogP) is 0.917. The van der Waals surface area contributed by atoms with Crippen LogP contribution < -0.4 is 0 Å². The van der Waals surface area contributed by atoms with Gasteiger partial charge in [-0.15, -0.1) is 0 Å². The Morgan fingerprint density at radius 1 is 1.62 bits per heavy atom. The molecule has 0 aliphatic carbocycles. The second-order valence-corrected chi connectivity index (χ2v) is 1.68. The van der Waals surface area contributed by atoms with Gasteiger partial charge in [0.2, 0.25) is 5.82 Å². The van der Waals surface area contributed by atoms with E-state index in [1.54, 1.807) is 0 Å². The summed E-state index contributed by atoms with van der Waals surface area (Å²) >= 11 is 4.47. The molecule has 0 spiro atoms. The fraction of sp³-hybridized carbons (Fsp3) is 0. The van der Waals surface area contributed by atoms with Crippen LogP contribution in [0.4, 0.5) is 4.39 Å². The van der Waals surface area contributed by atoms with E-state index < -0.39 is 5.82 Å². The molecular weight excluding hydrogens is 129 g/mol. The van der Waals surface area contributed by atoms with Gasteiger partial charge in [0.15, 0.2) is 11.6 Å². The molecule has 1 heterocycles. The molecule has 0 N–H and O–H groups in total. The zero-order valence-electron chi connectivity index (χ0n) is 3.97. The van der Waals surface area contributed by atoms with E-state index in [-0.39, 0.29) is 5.15 Å². The second-order valence-electron chi connectivity index (χ2n) is 1.29. The first-order valence-corrected chi connectivity index (χ1v) is 2.49. The van der Waals surface area contributed by atoms with Gasteiger partial charge in [-0.05, 0) is 12.1 Å². The lowest BCUT2D eigenvalue weighted by atomic mass is 10.5. The van der Waals surface area contributed by atoms with Crippen LogP contribution in [0, 0.1) is 17.4 Å². The summed E-state index contributed by atoms with van der Waals surface area (Å²) in [5, 5.41) is 0.0347. The zero-order chi connectivity index (χ0) is 5.98. The maximum Gasteiger partial charge on any atom is 0.353 e. The molecule has 1 nitrogen and oxygen atoms in total. The summed E-state index contributed by atoms with van der Waals surface area (Å²) in [5.41, 5.74) is 0. The van der Waals surface area contributed by atoms with Crippen LogP contribution in [-0.4, -0.2) is 4.98 Å². The van der Waals surface area contributed by atoms with E-state index in [0.29, 0.717) is 0 Å². The number of aromatic nitrogens is 1. The van der Waals surface area contributed by atoms with Crippen molar-refractivity contribution in [2.24, 2.45) is 0 Å². The van der Waals surface area contributed by atoms with Crippen LogP contribution in [0.3, 0.4) is 0 Å². The summed E-state index contributed by atoms with van der Waals surface area (Å²) in [4.78, 5) is 3.52. The third-order valence-corrected chi connectivity index (χ3v) is 1.03. The average molecular weight is 133 g/mol. The van der Waals surface area contributed by atoms with Gasteiger partial charge in [0.05, 0.1) is 0 Å². The maximum absolute atomic E-state index is 12.2. The van der Waals surface area contributed by atoms with E-state index >= 15 is 0 Å². The van der Waals surface area contributed by atoms with Gasteiger partial charge in [-0.3, -0.25) is 0 Å². The summed E-state index contributed by atoms with van der Waals surface area (Å²) in [7, 11) is 0. The molecule has 0 atom stereocenters. The molecule has 0 saturated heterocycles. The van der Waals surface area contributed by atoms with Gasteiger partial charge in [0, 0.05) is 6.20 Å². The summed E-state index contributed by atoms with van der Waals surface area (Å²) in [6, 6.07) is 2.79. The highest BCUT2D eigenvalue weighted by atomic mass is 35.5. The van der Waals surface area contributed by atoms with Gasteiger partial charge in [0.1, 0.15) is 0 Å². The van der Waals surface area contributed by atoms with Gasteiger partial charge in [-0.2, -0.15) is 9.37 Å². The van der Waals surface area contributed by atoms with Gasteiger partial charge in [-0.25, -0.2) is 0 Å². The minimum Gasteiger partial charge on any atom is -0.199 e. The fourth-order valence-electron chi connectivity index (χ4n) is 0.371. The lowest BCUT2D eigenvalue weighted by Crippen LogP contribution is -1.80. The fourth-order valence-corrected chi connectivity index (χ4v) is 0.500. The van der Waals surface area contributed by atoms with Gasteiger partial charge >= 0.3 is 5.15 Å². The van der Waals surface area contributed by atoms with Gasteiger partial charge in [0.25, 0.3) is 0 Å². The van der Waals surface area contributed by atoms with Crippen molar-refractivity contribution in [3.05, 3.63) is 29.3 Å². The molecule has 0 unspecified atom stereocenters. The van der Waals surface area contributed by atoms with Gasteiger partial charge in [-0.1, -0.05) is 0 Å². The quantitative estimate of drug-likeness (QED) is 0.479. The largest absolute Gasteiger partial charge is 0.353 e. The summed E-state index contributed by atoms with van der Waals surface area (Å²) < 4.78 is 12.2. The number of hydrogen-bond donors (Lipinski definition) is 0. The van der Waals surface area contributed by atoms with Crippen LogP contribution >= 0.6 is 0 Å². The smallest absolute Gasteiger partial charge is 0.199 e. The Kier molecular flexibility index (Phi) is 1.44. The molecule has 0 fully saturated rings. The molecule has 1 aromatic heterocycles. The first-order chi connectivity index (χ1) is 3.80. The van der Waals surface area contributed by atoms with Crippen molar-refractivity contribution in [1.82, 2.24) is 4.98 Å². The zero-order valence-corrected chi connectivity index (χ0v) is 4.78. The summed E-state index contributed by atoms with van der Waals surface area (Å²) in [6.45, 7) is 0. The molecule has 0 aliphatic rings. The highest BCUT2D eigenvalue weighted by molar-refractivity contribution is 5.00. The molecule has 0 radical (unpaired) electrons. The van der Waals surface area contributed by atoms with Crippen LogP contribution in [-0.2, 0) is 0 Å². The Morgan fingerprint density at radius 3 is 2.75 bits per heavy atom. The minimum atomic E-state index is -0.428. The Morgan fingerprint density at radius 2 is 2.38 bits per heavy atom. The van der Waals surface area contributed by atoms with Crippen molar-refractivity contribution in [2.75, 3.05) is 0 Å². The molecule has 1 aromatic rings. The Bertz CT molecular complexity index is 169. The van der Waals surface area contributed by atoms with E-state index in [9.17, 15) is 4.39 Å². The number of halogens is 2. The van der Waals surface area contributed by atoms with Crippen molar-refractivity contribution in [1.29, 1.82) is 0 Å². The van der Waals surface area contributed by atoms with E-state index in [1.165, 1.54) is 18.3 Å². The molecule has 1 rings (SSSR count). The molecule has 42 valence electrons. The monoisotopic (exact) mass is 132 g/mol. The topological polar surface area (TPSA) is 12.9 Å². The molecular formula is C5H4ClFN+. The highest BCUT2D eigenvalue weighted by Gasteiger charge is 2.03. The van der Waals surface area contributed by atoms with E-state index in [1.807, 2.05) is 0 Å². The number of pyridine rings is 1. The van der Waals surface area contributed by atoms with Crippen molar-refractivity contribution in [3.63, 3.8) is 0 Å². The Balaban J connectivity index is 3.13. The number of rotatable bonds is 0. The molecule has 0 amide bonds. The lowest BCUT2D eigenvalue weighted by Gasteiger charge is -1.79. The number of nitrogens with zero attached hydrogens (tertiary/aromatic N) is 1. The van der Waals surface area contributed by atoms with Crippen molar-refractivity contribution < 1.29 is 16.0 Å². The normalized spacial score (nSPS) is 9.25. The molecule has 3 heteroatoms. The SMILES string of the molecule is Fc1cccnc1[ClH+]. The Labute approximate surface area is 51.1 Å². The third kappa shape index (κ3) is 0.954. The first kappa shape index (κ1) is 5.51. The standard InChI is InChI=1S/C5H4ClFN/c6-5-4(7)2-1-3-8-5/h1-3,6H/q+1. The molecule has 8 heavy (non-hydrogen) atoms. The highest BCUT2D eigenvalue weighted by Crippen LogP contribution is 1.99. The summed E-state index contributed by atoms with van der Waals surface area (Å²) in [5.74, 6) is -0.428. The first-order valence-electron chi connectivity index (χ1n) is 2.08. The molecule has 0 aliphatic heterocycles. The molecule has 0 aromatic carbocycles. The second kappa shape index (κ2) is 2.09. The van der Waals surface area contributed by atoms with Crippen molar-refractivity contribution in [3.8, 4) is 0 Å². The van der Waals surface area contributed by atoms with Gasteiger partial charge < -0.3 is 0 Å². The van der Waals surface area contributed by atoms with Crippen molar-refractivity contribution >= 4 is 0 Å². The van der Waals surface area contributed by atoms with E-state index in [2.05, 4.69) is 16.6 Å². The van der Waals surface area contributed by atoms with Crippen LogP contribution in [0.25, 0.3) is 0 Å². The van der Waals surface area contributed by atoms with Crippen LogP contribution in [0.15, 0.2) is 18.3 Å². The molecule has 0 saturated carbocycles. The van der Waals surface area contributed by atoms with Crippen molar-refractivity contribution in [2.45, 2.75) is 0 Å². The predicted molar refractivity (Wildman–Crippen MR) is 24.7 cm³/mol. The summed E-state index contributed by atoms with van der Waals surface area (Å²) in [6.07, 6.45) is 1.46. The third-order valence-electron chi connectivity index (χ3n) is 0.725. The van der Waals surface area contributed by atoms with E-state index in [0.717, 1.165) is 0 Å². The lowest BCUT2D eigenvalue weighted by molar-refractivity contribution is -0.301. The van der Waals surface area contributed by atoms with E-state index in [4.69, 9.17) is 0 Å². The van der Waals surface area contributed by atoms with Crippen LogP contribution in [0.1, 0.15) is 0 Å². The molecule has 0 bridgehead atoms. The minimum absolute atomic E-state index is 0.0347. The Hall–Kier alpha value is -0.630. The maximum atomic E-state index is 12.2.